The molecule has 0 bridgehead atoms. The molecule has 2 atom stereocenters. The van der Waals surface area contributed by atoms with Gasteiger partial charge in [0.1, 0.15) is 6.04 Å². The van der Waals surface area contributed by atoms with Crippen molar-refractivity contribution in [1.29, 1.82) is 0 Å². The molecule has 3 aromatic carbocycles. The highest BCUT2D eigenvalue weighted by molar-refractivity contribution is 5.91. The van der Waals surface area contributed by atoms with Gasteiger partial charge in [-0.05, 0) is 46.7 Å². The van der Waals surface area contributed by atoms with Gasteiger partial charge in [-0.1, -0.05) is 80.6 Å². The summed E-state index contributed by atoms with van der Waals surface area (Å²) in [7, 11) is 0. The summed E-state index contributed by atoms with van der Waals surface area (Å²) >= 11 is 0. The van der Waals surface area contributed by atoms with Crippen molar-refractivity contribution in [2.45, 2.75) is 59.2 Å². The number of rotatable bonds is 10. The van der Waals surface area contributed by atoms with E-state index in [4.69, 9.17) is 4.74 Å². The van der Waals surface area contributed by atoms with Gasteiger partial charge in [0.05, 0.1) is 13.0 Å². The quantitative estimate of drug-likeness (QED) is 0.397. The number of amides is 2. The molecule has 1 N–H and O–H groups in total. The standard InChI is InChI=1S/C31H36N2O4/c1-4-37-29(34)18-27(15-21(2)3)30(35)32-28(17-22-13-14-23-9-5-6-10-24(23)16-22)31(36)33-19-25-11-7-8-12-26(25)20-33/h5-14,16,21,27-28H,4,15,17-20H2,1-3H3,(H,32,35)/t27?,28-/m0/s1. The summed E-state index contributed by atoms with van der Waals surface area (Å²) in [5, 5.41) is 5.25. The molecule has 0 radical (unpaired) electrons. The minimum Gasteiger partial charge on any atom is -0.466 e. The molecular weight excluding hydrogens is 464 g/mol. The monoisotopic (exact) mass is 500 g/mol. The average Bonchev–Trinajstić information content (AvgIpc) is 3.31. The van der Waals surface area contributed by atoms with Crippen LogP contribution in [0.3, 0.4) is 0 Å². The van der Waals surface area contributed by atoms with Crippen LogP contribution < -0.4 is 5.32 Å². The van der Waals surface area contributed by atoms with Gasteiger partial charge in [-0.25, -0.2) is 0 Å². The van der Waals surface area contributed by atoms with E-state index < -0.39 is 17.9 Å². The summed E-state index contributed by atoms with van der Waals surface area (Å²) < 4.78 is 5.12. The molecule has 0 spiro atoms. The van der Waals surface area contributed by atoms with Crippen LogP contribution in [0.1, 0.15) is 50.3 Å². The van der Waals surface area contributed by atoms with Crippen molar-refractivity contribution in [1.82, 2.24) is 10.2 Å². The summed E-state index contributed by atoms with van der Waals surface area (Å²) in [6, 6.07) is 21.5. The molecule has 37 heavy (non-hydrogen) atoms. The Kier molecular flexibility index (Phi) is 8.59. The fraction of sp³-hybridized carbons (Fsp3) is 0.387. The van der Waals surface area contributed by atoms with Crippen LogP contribution in [-0.2, 0) is 38.6 Å². The Morgan fingerprint density at radius 3 is 2.22 bits per heavy atom. The highest BCUT2D eigenvalue weighted by Crippen LogP contribution is 2.25. The Bertz CT molecular complexity index is 1240. The Morgan fingerprint density at radius 1 is 0.919 bits per heavy atom. The van der Waals surface area contributed by atoms with Crippen LogP contribution in [0.5, 0.6) is 0 Å². The van der Waals surface area contributed by atoms with E-state index in [1.54, 1.807) is 11.8 Å². The number of carbonyl (C=O) groups is 3. The van der Waals surface area contributed by atoms with Gasteiger partial charge in [0.15, 0.2) is 0 Å². The van der Waals surface area contributed by atoms with E-state index in [2.05, 4.69) is 17.4 Å². The minimum atomic E-state index is -0.736. The predicted octanol–water partition coefficient (Wildman–Crippen LogP) is 5.03. The first-order valence-electron chi connectivity index (χ1n) is 13.1. The molecule has 6 nitrogen and oxygen atoms in total. The van der Waals surface area contributed by atoms with Gasteiger partial charge in [0, 0.05) is 25.4 Å². The van der Waals surface area contributed by atoms with Crippen molar-refractivity contribution in [3.8, 4) is 0 Å². The molecule has 1 aliphatic rings. The van der Waals surface area contributed by atoms with Gasteiger partial charge in [-0.15, -0.1) is 0 Å². The van der Waals surface area contributed by atoms with E-state index in [0.717, 1.165) is 27.5 Å². The number of benzene rings is 3. The van der Waals surface area contributed by atoms with Crippen LogP contribution >= 0.6 is 0 Å². The molecule has 6 heteroatoms. The minimum absolute atomic E-state index is 0.00386. The number of nitrogens with one attached hydrogen (secondary N) is 1. The lowest BCUT2D eigenvalue weighted by molar-refractivity contribution is -0.147. The highest BCUT2D eigenvalue weighted by atomic mass is 16.5. The second-order valence-electron chi connectivity index (χ2n) is 10.2. The number of ether oxygens (including phenoxy) is 1. The molecule has 3 aromatic rings. The summed E-state index contributed by atoms with van der Waals surface area (Å²) in [6.07, 6.45) is 0.913. The van der Waals surface area contributed by atoms with Crippen LogP contribution in [-0.4, -0.2) is 35.3 Å². The van der Waals surface area contributed by atoms with Gasteiger partial charge in [0.25, 0.3) is 0 Å². The van der Waals surface area contributed by atoms with Gasteiger partial charge < -0.3 is 15.0 Å². The van der Waals surface area contributed by atoms with E-state index in [9.17, 15) is 14.4 Å². The molecule has 4 rings (SSSR count). The van der Waals surface area contributed by atoms with Crippen molar-refractivity contribution in [2.24, 2.45) is 11.8 Å². The van der Waals surface area contributed by atoms with Crippen molar-refractivity contribution < 1.29 is 19.1 Å². The van der Waals surface area contributed by atoms with Gasteiger partial charge in [-0.2, -0.15) is 0 Å². The van der Waals surface area contributed by atoms with Crippen LogP contribution in [0.4, 0.5) is 0 Å². The maximum atomic E-state index is 13.8. The van der Waals surface area contributed by atoms with Crippen molar-refractivity contribution in [3.63, 3.8) is 0 Å². The third kappa shape index (κ3) is 6.76. The van der Waals surface area contributed by atoms with E-state index in [1.807, 2.05) is 68.4 Å². The first-order valence-corrected chi connectivity index (χ1v) is 13.1. The topological polar surface area (TPSA) is 75.7 Å². The fourth-order valence-electron chi connectivity index (χ4n) is 5.07. The Morgan fingerprint density at radius 2 is 1.57 bits per heavy atom. The van der Waals surface area contributed by atoms with Crippen molar-refractivity contribution >= 4 is 28.6 Å². The second kappa shape index (κ2) is 12.0. The number of hydrogen-bond donors (Lipinski definition) is 1. The smallest absolute Gasteiger partial charge is 0.306 e. The molecule has 1 unspecified atom stereocenters. The van der Waals surface area contributed by atoms with Crippen molar-refractivity contribution in [3.05, 3.63) is 83.4 Å². The number of nitrogens with zero attached hydrogens (tertiary/aromatic N) is 1. The van der Waals surface area contributed by atoms with Crippen LogP contribution in [0.15, 0.2) is 66.7 Å². The molecule has 2 amide bonds. The third-order valence-electron chi connectivity index (χ3n) is 6.87. The molecule has 194 valence electrons. The summed E-state index contributed by atoms with van der Waals surface area (Å²) in [4.78, 5) is 41.3. The second-order valence-corrected chi connectivity index (χ2v) is 10.2. The van der Waals surface area contributed by atoms with E-state index in [0.29, 0.717) is 25.9 Å². The van der Waals surface area contributed by atoms with E-state index in [1.165, 1.54) is 0 Å². The first-order chi connectivity index (χ1) is 17.8. The van der Waals surface area contributed by atoms with Crippen LogP contribution in [0, 0.1) is 11.8 Å². The maximum Gasteiger partial charge on any atom is 0.306 e. The average molecular weight is 501 g/mol. The lowest BCUT2D eigenvalue weighted by Crippen LogP contribution is -2.50. The zero-order chi connectivity index (χ0) is 26.4. The number of esters is 1. The lowest BCUT2D eigenvalue weighted by atomic mass is 9.92. The third-order valence-corrected chi connectivity index (χ3v) is 6.87. The summed E-state index contributed by atoms with van der Waals surface area (Å²) in [5.41, 5.74) is 3.23. The van der Waals surface area contributed by atoms with Crippen LogP contribution in [0.2, 0.25) is 0 Å². The maximum absolute atomic E-state index is 13.8. The number of fused-ring (bicyclic) bond motifs is 2. The Hall–Kier alpha value is -3.67. The van der Waals surface area contributed by atoms with Gasteiger partial charge in [-0.3, -0.25) is 14.4 Å². The molecule has 0 saturated heterocycles. The predicted molar refractivity (Wildman–Crippen MR) is 144 cm³/mol. The van der Waals surface area contributed by atoms with Crippen LogP contribution in [0.25, 0.3) is 10.8 Å². The molecule has 0 saturated carbocycles. The highest BCUT2D eigenvalue weighted by Gasteiger charge is 2.33. The fourth-order valence-corrected chi connectivity index (χ4v) is 5.07. The zero-order valence-corrected chi connectivity index (χ0v) is 21.9. The van der Waals surface area contributed by atoms with Crippen molar-refractivity contribution in [2.75, 3.05) is 6.61 Å². The molecular formula is C31H36N2O4. The molecule has 0 aromatic heterocycles. The lowest BCUT2D eigenvalue weighted by Gasteiger charge is -2.27. The van der Waals surface area contributed by atoms with Gasteiger partial charge >= 0.3 is 5.97 Å². The Balaban J connectivity index is 1.57. The largest absolute Gasteiger partial charge is 0.466 e. The summed E-state index contributed by atoms with van der Waals surface area (Å²) in [5.74, 6) is -1.12. The molecule has 1 aliphatic heterocycles. The van der Waals surface area contributed by atoms with E-state index in [-0.39, 0.29) is 30.8 Å². The summed E-state index contributed by atoms with van der Waals surface area (Å²) in [6.45, 7) is 7.11. The molecule has 0 fully saturated rings. The zero-order valence-electron chi connectivity index (χ0n) is 21.9. The number of hydrogen-bond acceptors (Lipinski definition) is 4. The first kappa shape index (κ1) is 26.4. The normalized spacial score (nSPS) is 14.3. The van der Waals surface area contributed by atoms with E-state index >= 15 is 0 Å². The Labute approximate surface area is 219 Å². The molecule has 1 heterocycles. The SMILES string of the molecule is CCOC(=O)CC(CC(C)C)C(=O)N[C@@H](Cc1ccc2ccccc2c1)C(=O)N1Cc2ccccc2C1. The molecule has 0 aliphatic carbocycles. The number of carbonyl (C=O) groups excluding carboxylic acids is 3. The van der Waals surface area contributed by atoms with Gasteiger partial charge in [0.2, 0.25) is 11.8 Å².